The smallest absolute Gasteiger partial charge is 0.137 e. The second-order valence-electron chi connectivity index (χ2n) is 3.91. The third-order valence-electron chi connectivity index (χ3n) is 2.80. The Hall–Kier alpha value is -2.07. The SMILES string of the molecule is COc1ccc(C(N)c2cncc(OC)c2)cc1. The van der Waals surface area contributed by atoms with Crippen LogP contribution in [0.2, 0.25) is 0 Å². The van der Waals surface area contributed by atoms with Crippen LogP contribution in [0.4, 0.5) is 0 Å². The van der Waals surface area contributed by atoms with E-state index in [1.54, 1.807) is 26.6 Å². The van der Waals surface area contributed by atoms with E-state index in [1.807, 2.05) is 30.3 Å². The zero-order valence-corrected chi connectivity index (χ0v) is 10.5. The van der Waals surface area contributed by atoms with Gasteiger partial charge in [0.25, 0.3) is 0 Å². The zero-order valence-electron chi connectivity index (χ0n) is 10.5. The van der Waals surface area contributed by atoms with Crippen molar-refractivity contribution in [1.82, 2.24) is 4.98 Å². The highest BCUT2D eigenvalue weighted by Gasteiger charge is 2.10. The van der Waals surface area contributed by atoms with Crippen LogP contribution < -0.4 is 15.2 Å². The van der Waals surface area contributed by atoms with E-state index in [1.165, 1.54) is 0 Å². The Morgan fingerprint density at radius 3 is 2.22 bits per heavy atom. The Bertz CT molecular complexity index is 511. The van der Waals surface area contributed by atoms with Crippen molar-refractivity contribution < 1.29 is 9.47 Å². The monoisotopic (exact) mass is 244 g/mol. The van der Waals surface area contributed by atoms with Crippen LogP contribution in [-0.2, 0) is 0 Å². The van der Waals surface area contributed by atoms with Gasteiger partial charge in [0.2, 0.25) is 0 Å². The zero-order chi connectivity index (χ0) is 13.0. The van der Waals surface area contributed by atoms with Crippen molar-refractivity contribution in [2.45, 2.75) is 6.04 Å². The molecule has 2 aromatic rings. The number of methoxy groups -OCH3 is 2. The summed E-state index contributed by atoms with van der Waals surface area (Å²) in [5, 5.41) is 0. The van der Waals surface area contributed by atoms with Gasteiger partial charge in [-0.25, -0.2) is 0 Å². The highest BCUT2D eigenvalue weighted by Crippen LogP contribution is 2.23. The maximum atomic E-state index is 6.20. The summed E-state index contributed by atoms with van der Waals surface area (Å²) in [6.07, 6.45) is 3.40. The number of nitrogens with zero attached hydrogens (tertiary/aromatic N) is 1. The lowest BCUT2D eigenvalue weighted by Gasteiger charge is -2.13. The van der Waals surface area contributed by atoms with Crippen molar-refractivity contribution in [1.29, 1.82) is 0 Å². The van der Waals surface area contributed by atoms with Crippen LogP contribution >= 0.6 is 0 Å². The molecule has 0 amide bonds. The molecule has 1 aromatic heterocycles. The lowest BCUT2D eigenvalue weighted by atomic mass is 10.0. The number of benzene rings is 1. The van der Waals surface area contributed by atoms with Crippen molar-refractivity contribution in [3.63, 3.8) is 0 Å². The second kappa shape index (κ2) is 5.51. The van der Waals surface area contributed by atoms with E-state index in [0.717, 1.165) is 16.9 Å². The molecule has 1 atom stereocenters. The Morgan fingerprint density at radius 2 is 1.61 bits per heavy atom. The van der Waals surface area contributed by atoms with Gasteiger partial charge in [0, 0.05) is 6.20 Å². The first-order chi connectivity index (χ1) is 8.74. The summed E-state index contributed by atoms with van der Waals surface area (Å²) in [6.45, 7) is 0. The van der Waals surface area contributed by atoms with E-state index < -0.39 is 0 Å². The van der Waals surface area contributed by atoms with Gasteiger partial charge in [-0.1, -0.05) is 12.1 Å². The molecule has 2 rings (SSSR count). The molecular weight excluding hydrogens is 228 g/mol. The molecule has 4 heteroatoms. The van der Waals surface area contributed by atoms with Crippen molar-refractivity contribution in [3.8, 4) is 11.5 Å². The number of hydrogen-bond donors (Lipinski definition) is 1. The quantitative estimate of drug-likeness (QED) is 0.895. The molecule has 0 saturated carbocycles. The minimum absolute atomic E-state index is 0.224. The average Bonchev–Trinajstić information content (AvgIpc) is 2.46. The van der Waals surface area contributed by atoms with Crippen molar-refractivity contribution in [2.75, 3.05) is 14.2 Å². The number of aromatic nitrogens is 1. The normalized spacial score (nSPS) is 11.9. The van der Waals surface area contributed by atoms with Gasteiger partial charge < -0.3 is 15.2 Å². The molecule has 0 fully saturated rings. The molecule has 1 unspecified atom stereocenters. The molecule has 0 aliphatic rings. The van der Waals surface area contributed by atoms with Crippen LogP contribution in [0.3, 0.4) is 0 Å². The molecule has 0 aliphatic heterocycles. The molecule has 0 aliphatic carbocycles. The van der Waals surface area contributed by atoms with Gasteiger partial charge in [-0.15, -0.1) is 0 Å². The first-order valence-electron chi connectivity index (χ1n) is 5.63. The van der Waals surface area contributed by atoms with Gasteiger partial charge in [-0.05, 0) is 29.3 Å². The average molecular weight is 244 g/mol. The Labute approximate surface area is 106 Å². The Balaban J connectivity index is 2.25. The standard InChI is InChI=1S/C14H16N2O2/c1-17-12-5-3-10(4-6-12)14(15)11-7-13(18-2)9-16-8-11/h3-9,14H,15H2,1-2H3. The van der Waals surface area contributed by atoms with E-state index >= 15 is 0 Å². The summed E-state index contributed by atoms with van der Waals surface area (Å²) in [5.41, 5.74) is 8.12. The maximum Gasteiger partial charge on any atom is 0.137 e. The summed E-state index contributed by atoms with van der Waals surface area (Å²) < 4.78 is 10.3. The van der Waals surface area contributed by atoms with E-state index in [0.29, 0.717) is 5.75 Å². The number of rotatable bonds is 4. The summed E-state index contributed by atoms with van der Waals surface area (Å²) in [6, 6.07) is 9.35. The molecule has 0 spiro atoms. The first-order valence-corrected chi connectivity index (χ1v) is 5.63. The van der Waals surface area contributed by atoms with Crippen molar-refractivity contribution in [3.05, 3.63) is 53.9 Å². The molecule has 0 saturated heterocycles. The van der Waals surface area contributed by atoms with E-state index in [4.69, 9.17) is 15.2 Å². The number of hydrogen-bond acceptors (Lipinski definition) is 4. The largest absolute Gasteiger partial charge is 0.497 e. The van der Waals surface area contributed by atoms with Gasteiger partial charge in [-0.2, -0.15) is 0 Å². The number of nitrogens with two attached hydrogens (primary N) is 1. The van der Waals surface area contributed by atoms with Gasteiger partial charge in [0.1, 0.15) is 11.5 Å². The highest BCUT2D eigenvalue weighted by atomic mass is 16.5. The molecular formula is C14H16N2O2. The minimum Gasteiger partial charge on any atom is -0.497 e. The topological polar surface area (TPSA) is 57.4 Å². The molecule has 94 valence electrons. The van der Waals surface area contributed by atoms with Crippen LogP contribution in [0, 0.1) is 0 Å². The minimum atomic E-state index is -0.224. The summed E-state index contributed by atoms with van der Waals surface area (Å²) in [4.78, 5) is 4.11. The molecule has 0 bridgehead atoms. The van der Waals surface area contributed by atoms with Crippen LogP contribution in [0.5, 0.6) is 11.5 Å². The molecule has 18 heavy (non-hydrogen) atoms. The second-order valence-corrected chi connectivity index (χ2v) is 3.91. The van der Waals surface area contributed by atoms with Crippen molar-refractivity contribution >= 4 is 0 Å². The van der Waals surface area contributed by atoms with E-state index in [9.17, 15) is 0 Å². The predicted octanol–water partition coefficient (Wildman–Crippen LogP) is 2.15. The van der Waals surface area contributed by atoms with Crippen LogP contribution in [0.1, 0.15) is 17.2 Å². The van der Waals surface area contributed by atoms with Gasteiger partial charge in [0.05, 0.1) is 26.5 Å². The Kier molecular flexibility index (Phi) is 3.79. The lowest BCUT2D eigenvalue weighted by molar-refractivity contribution is 0.412. The van der Waals surface area contributed by atoms with Crippen LogP contribution in [0.15, 0.2) is 42.7 Å². The van der Waals surface area contributed by atoms with Crippen molar-refractivity contribution in [2.24, 2.45) is 5.73 Å². The molecule has 1 heterocycles. The van der Waals surface area contributed by atoms with Crippen LogP contribution in [0.25, 0.3) is 0 Å². The summed E-state index contributed by atoms with van der Waals surface area (Å²) in [5.74, 6) is 1.52. The fourth-order valence-corrected chi connectivity index (χ4v) is 1.72. The Morgan fingerprint density at radius 1 is 0.944 bits per heavy atom. The third kappa shape index (κ3) is 2.60. The van der Waals surface area contributed by atoms with E-state index in [2.05, 4.69) is 4.98 Å². The molecule has 1 aromatic carbocycles. The lowest BCUT2D eigenvalue weighted by Crippen LogP contribution is -2.12. The fraction of sp³-hybridized carbons (Fsp3) is 0.214. The third-order valence-corrected chi connectivity index (χ3v) is 2.80. The number of pyridine rings is 1. The molecule has 0 radical (unpaired) electrons. The van der Waals surface area contributed by atoms with Gasteiger partial charge >= 0.3 is 0 Å². The maximum absolute atomic E-state index is 6.20. The van der Waals surface area contributed by atoms with Crippen LogP contribution in [-0.4, -0.2) is 19.2 Å². The predicted molar refractivity (Wildman–Crippen MR) is 69.8 cm³/mol. The summed E-state index contributed by atoms with van der Waals surface area (Å²) in [7, 11) is 3.25. The van der Waals surface area contributed by atoms with Gasteiger partial charge in [0.15, 0.2) is 0 Å². The number of ether oxygens (including phenoxy) is 2. The van der Waals surface area contributed by atoms with E-state index in [-0.39, 0.29) is 6.04 Å². The highest BCUT2D eigenvalue weighted by molar-refractivity contribution is 5.36. The molecule has 4 nitrogen and oxygen atoms in total. The fourth-order valence-electron chi connectivity index (χ4n) is 1.72. The first kappa shape index (κ1) is 12.4. The van der Waals surface area contributed by atoms with Gasteiger partial charge in [-0.3, -0.25) is 4.98 Å². The molecule has 2 N–H and O–H groups in total. The summed E-state index contributed by atoms with van der Waals surface area (Å²) >= 11 is 0.